The van der Waals surface area contributed by atoms with Crippen molar-refractivity contribution in [2.45, 2.75) is 31.0 Å². The molecule has 0 aliphatic carbocycles. The molecule has 3 nitrogen and oxygen atoms in total. The second-order valence-electron chi connectivity index (χ2n) is 4.18. The number of nitrogens with zero attached hydrogens (tertiary/aromatic N) is 1. The predicted molar refractivity (Wildman–Crippen MR) is 64.2 cm³/mol. The van der Waals surface area contributed by atoms with Gasteiger partial charge in [-0.25, -0.2) is 0 Å². The Balaban J connectivity index is 2.33. The van der Waals surface area contributed by atoms with Crippen molar-refractivity contribution < 1.29 is 9.53 Å². The van der Waals surface area contributed by atoms with Gasteiger partial charge >= 0.3 is 0 Å². The number of hydrogen-bond donors (Lipinski definition) is 0. The average Bonchev–Trinajstić information content (AvgIpc) is 2.28. The van der Waals surface area contributed by atoms with Gasteiger partial charge in [0.2, 0.25) is 5.91 Å². The summed E-state index contributed by atoms with van der Waals surface area (Å²) in [5.74, 6) is 0.701. The largest absolute Gasteiger partial charge is 0.381 e. The first-order valence-electron chi connectivity index (χ1n) is 5.62. The standard InChI is InChI=1S/C11H20BrNO2/c1-3-10(12)11(14)13(2)7-9-5-4-6-15-8-9/h9-10H,3-8H2,1-2H3. The van der Waals surface area contributed by atoms with Gasteiger partial charge in [-0.1, -0.05) is 22.9 Å². The fourth-order valence-corrected chi connectivity index (χ4v) is 2.19. The minimum atomic E-state index is -0.0352. The van der Waals surface area contributed by atoms with Gasteiger partial charge in [-0.05, 0) is 25.2 Å². The minimum absolute atomic E-state index is 0.0352. The molecule has 1 amide bonds. The lowest BCUT2D eigenvalue weighted by atomic mass is 10.0. The van der Waals surface area contributed by atoms with Gasteiger partial charge in [0.15, 0.2) is 0 Å². The summed E-state index contributed by atoms with van der Waals surface area (Å²) in [6.45, 7) is 4.51. The van der Waals surface area contributed by atoms with E-state index in [1.807, 2.05) is 18.9 Å². The molecule has 0 aromatic rings. The molecule has 1 aliphatic heterocycles. The summed E-state index contributed by atoms with van der Waals surface area (Å²) in [6, 6.07) is 0. The summed E-state index contributed by atoms with van der Waals surface area (Å²) in [4.78, 5) is 13.6. The highest BCUT2D eigenvalue weighted by Crippen LogP contribution is 2.16. The summed E-state index contributed by atoms with van der Waals surface area (Å²) in [5.41, 5.74) is 0. The molecule has 1 fully saturated rings. The van der Waals surface area contributed by atoms with Crippen molar-refractivity contribution in [1.82, 2.24) is 4.90 Å². The van der Waals surface area contributed by atoms with Gasteiger partial charge in [-0.3, -0.25) is 4.79 Å². The van der Waals surface area contributed by atoms with E-state index in [2.05, 4.69) is 15.9 Å². The molecule has 88 valence electrons. The fourth-order valence-electron chi connectivity index (χ4n) is 1.84. The van der Waals surface area contributed by atoms with Crippen LogP contribution >= 0.6 is 15.9 Å². The molecule has 1 aliphatic rings. The molecule has 2 unspecified atom stereocenters. The SMILES string of the molecule is CCC(Br)C(=O)N(C)CC1CCCOC1. The Morgan fingerprint density at radius 1 is 1.67 bits per heavy atom. The molecule has 15 heavy (non-hydrogen) atoms. The fraction of sp³-hybridized carbons (Fsp3) is 0.909. The second-order valence-corrected chi connectivity index (χ2v) is 5.28. The van der Waals surface area contributed by atoms with Gasteiger partial charge in [-0.15, -0.1) is 0 Å². The number of amides is 1. The molecule has 1 rings (SSSR count). The molecule has 0 N–H and O–H groups in total. The van der Waals surface area contributed by atoms with Crippen molar-refractivity contribution in [2.24, 2.45) is 5.92 Å². The monoisotopic (exact) mass is 277 g/mol. The van der Waals surface area contributed by atoms with Crippen LogP contribution in [-0.4, -0.2) is 42.4 Å². The van der Waals surface area contributed by atoms with Crippen LogP contribution in [0.25, 0.3) is 0 Å². The van der Waals surface area contributed by atoms with Gasteiger partial charge in [0.1, 0.15) is 0 Å². The predicted octanol–water partition coefficient (Wildman–Crippen LogP) is 2.04. The first-order chi connectivity index (χ1) is 7.15. The van der Waals surface area contributed by atoms with Crippen LogP contribution in [0.15, 0.2) is 0 Å². The van der Waals surface area contributed by atoms with Crippen molar-refractivity contribution in [3.8, 4) is 0 Å². The van der Waals surface area contributed by atoms with Crippen LogP contribution in [0.4, 0.5) is 0 Å². The second kappa shape index (κ2) is 6.48. The molecule has 1 heterocycles. The summed E-state index contributed by atoms with van der Waals surface area (Å²) in [5, 5.41) is 0. The van der Waals surface area contributed by atoms with Crippen LogP contribution in [0.2, 0.25) is 0 Å². The van der Waals surface area contributed by atoms with Crippen LogP contribution in [0.1, 0.15) is 26.2 Å². The normalized spacial score (nSPS) is 23.5. The maximum atomic E-state index is 11.8. The van der Waals surface area contributed by atoms with E-state index in [1.165, 1.54) is 6.42 Å². The third-order valence-corrected chi connectivity index (χ3v) is 3.83. The first kappa shape index (κ1) is 13.0. The van der Waals surface area contributed by atoms with Gasteiger partial charge in [-0.2, -0.15) is 0 Å². The Labute approximate surface area is 100 Å². The van der Waals surface area contributed by atoms with E-state index in [0.717, 1.165) is 32.6 Å². The highest BCUT2D eigenvalue weighted by Gasteiger charge is 2.21. The lowest BCUT2D eigenvalue weighted by Crippen LogP contribution is -2.38. The van der Waals surface area contributed by atoms with Crippen molar-refractivity contribution in [3.05, 3.63) is 0 Å². The Morgan fingerprint density at radius 2 is 2.40 bits per heavy atom. The summed E-state index contributed by atoms with van der Waals surface area (Å²) >= 11 is 3.39. The van der Waals surface area contributed by atoms with E-state index in [4.69, 9.17) is 4.74 Å². The Morgan fingerprint density at radius 3 is 2.93 bits per heavy atom. The van der Waals surface area contributed by atoms with Gasteiger partial charge in [0.05, 0.1) is 11.4 Å². The van der Waals surface area contributed by atoms with E-state index in [9.17, 15) is 4.79 Å². The summed E-state index contributed by atoms with van der Waals surface area (Å²) < 4.78 is 5.40. The number of rotatable bonds is 4. The molecule has 0 radical (unpaired) electrons. The van der Waals surface area contributed by atoms with Crippen LogP contribution in [-0.2, 0) is 9.53 Å². The molecule has 0 aromatic heterocycles. The van der Waals surface area contributed by atoms with Gasteiger partial charge < -0.3 is 9.64 Å². The van der Waals surface area contributed by atoms with E-state index in [0.29, 0.717) is 5.92 Å². The molecule has 0 aromatic carbocycles. The number of halogens is 1. The Kier molecular flexibility index (Phi) is 5.61. The summed E-state index contributed by atoms with van der Waals surface area (Å²) in [7, 11) is 1.88. The quantitative estimate of drug-likeness (QED) is 0.737. The molecule has 0 bridgehead atoms. The zero-order valence-electron chi connectivity index (χ0n) is 9.54. The maximum absolute atomic E-state index is 11.8. The highest BCUT2D eigenvalue weighted by atomic mass is 79.9. The Bertz CT molecular complexity index is 205. The van der Waals surface area contributed by atoms with E-state index in [1.54, 1.807) is 0 Å². The number of carbonyl (C=O) groups is 1. The van der Waals surface area contributed by atoms with Crippen molar-refractivity contribution in [2.75, 3.05) is 26.8 Å². The third kappa shape index (κ3) is 4.11. The topological polar surface area (TPSA) is 29.5 Å². The van der Waals surface area contributed by atoms with Crippen LogP contribution in [0.5, 0.6) is 0 Å². The molecule has 0 saturated carbocycles. The van der Waals surface area contributed by atoms with E-state index >= 15 is 0 Å². The number of hydrogen-bond acceptors (Lipinski definition) is 2. The zero-order chi connectivity index (χ0) is 11.3. The van der Waals surface area contributed by atoms with E-state index < -0.39 is 0 Å². The molecular formula is C11H20BrNO2. The van der Waals surface area contributed by atoms with Crippen LogP contribution in [0, 0.1) is 5.92 Å². The van der Waals surface area contributed by atoms with E-state index in [-0.39, 0.29) is 10.7 Å². The number of ether oxygens (including phenoxy) is 1. The van der Waals surface area contributed by atoms with Crippen molar-refractivity contribution in [3.63, 3.8) is 0 Å². The molecule has 0 spiro atoms. The minimum Gasteiger partial charge on any atom is -0.381 e. The third-order valence-electron chi connectivity index (χ3n) is 2.79. The van der Waals surface area contributed by atoms with Crippen molar-refractivity contribution >= 4 is 21.8 Å². The van der Waals surface area contributed by atoms with Crippen LogP contribution in [0.3, 0.4) is 0 Å². The highest BCUT2D eigenvalue weighted by molar-refractivity contribution is 9.10. The smallest absolute Gasteiger partial charge is 0.236 e. The lowest BCUT2D eigenvalue weighted by Gasteiger charge is -2.28. The van der Waals surface area contributed by atoms with Gasteiger partial charge in [0, 0.05) is 20.2 Å². The number of carbonyl (C=O) groups excluding carboxylic acids is 1. The molecule has 1 saturated heterocycles. The molecular weight excluding hydrogens is 258 g/mol. The first-order valence-corrected chi connectivity index (χ1v) is 6.53. The molecule has 4 heteroatoms. The van der Waals surface area contributed by atoms with Crippen LogP contribution < -0.4 is 0 Å². The molecule has 2 atom stereocenters. The average molecular weight is 278 g/mol. The Hall–Kier alpha value is -0.0900. The lowest BCUT2D eigenvalue weighted by molar-refractivity contribution is -0.130. The van der Waals surface area contributed by atoms with Gasteiger partial charge in [0.25, 0.3) is 0 Å². The zero-order valence-corrected chi connectivity index (χ0v) is 11.1. The summed E-state index contributed by atoms with van der Waals surface area (Å²) in [6.07, 6.45) is 3.14. The number of alkyl halides is 1. The van der Waals surface area contributed by atoms with Crippen molar-refractivity contribution in [1.29, 1.82) is 0 Å². The maximum Gasteiger partial charge on any atom is 0.236 e.